The molecule has 1 saturated heterocycles. The molecule has 0 aromatic heterocycles. The summed E-state index contributed by atoms with van der Waals surface area (Å²) in [5, 5.41) is 0. The molecule has 5 nitrogen and oxygen atoms in total. The first-order valence-corrected chi connectivity index (χ1v) is 6.80. The van der Waals surface area contributed by atoms with Crippen LogP contribution in [0.4, 0.5) is 0 Å². The van der Waals surface area contributed by atoms with Crippen LogP contribution in [0.3, 0.4) is 0 Å². The standard InChI is InChI=1S/C14H20N2O3/c1-10(2)11-8-15(9-11)12(17)4-3-7-16-13(18)5-6-14(16)19/h5-6,10-11H,3-4,7-9H2,1-2H3. The lowest BCUT2D eigenvalue weighted by molar-refractivity contribution is -0.141. The second-order valence-electron chi connectivity index (χ2n) is 5.57. The lowest BCUT2D eigenvalue weighted by atomic mass is 9.88. The van der Waals surface area contributed by atoms with Gasteiger partial charge in [-0.05, 0) is 18.3 Å². The van der Waals surface area contributed by atoms with E-state index in [0.29, 0.717) is 31.2 Å². The third-order valence-corrected chi connectivity index (χ3v) is 3.88. The van der Waals surface area contributed by atoms with Crippen LogP contribution >= 0.6 is 0 Å². The molecule has 0 radical (unpaired) electrons. The van der Waals surface area contributed by atoms with Gasteiger partial charge in [0.2, 0.25) is 5.91 Å². The predicted molar refractivity (Wildman–Crippen MR) is 70.0 cm³/mol. The molecule has 104 valence electrons. The molecule has 0 aliphatic carbocycles. The fourth-order valence-corrected chi connectivity index (χ4v) is 2.34. The van der Waals surface area contributed by atoms with E-state index in [1.807, 2.05) is 4.90 Å². The van der Waals surface area contributed by atoms with Crippen molar-refractivity contribution in [1.29, 1.82) is 0 Å². The molecule has 2 aliphatic rings. The van der Waals surface area contributed by atoms with Crippen LogP contribution in [0.5, 0.6) is 0 Å². The molecule has 3 amide bonds. The number of nitrogens with zero attached hydrogens (tertiary/aromatic N) is 2. The van der Waals surface area contributed by atoms with Gasteiger partial charge in [0, 0.05) is 38.2 Å². The molecule has 19 heavy (non-hydrogen) atoms. The molecule has 0 atom stereocenters. The first-order chi connectivity index (χ1) is 8.99. The average Bonchev–Trinajstić information content (AvgIpc) is 2.57. The number of hydrogen-bond acceptors (Lipinski definition) is 3. The summed E-state index contributed by atoms with van der Waals surface area (Å²) in [6.07, 6.45) is 3.49. The molecule has 2 heterocycles. The average molecular weight is 264 g/mol. The van der Waals surface area contributed by atoms with Gasteiger partial charge in [-0.25, -0.2) is 0 Å². The van der Waals surface area contributed by atoms with Gasteiger partial charge in [0.05, 0.1) is 0 Å². The number of hydrogen-bond donors (Lipinski definition) is 0. The number of likely N-dealkylation sites (tertiary alicyclic amines) is 1. The second-order valence-corrected chi connectivity index (χ2v) is 5.57. The van der Waals surface area contributed by atoms with E-state index in [4.69, 9.17) is 0 Å². The van der Waals surface area contributed by atoms with Crippen molar-refractivity contribution < 1.29 is 14.4 Å². The Kier molecular flexibility index (Phi) is 4.02. The van der Waals surface area contributed by atoms with Gasteiger partial charge in [-0.3, -0.25) is 19.3 Å². The van der Waals surface area contributed by atoms with Crippen molar-refractivity contribution in [2.24, 2.45) is 11.8 Å². The highest BCUT2D eigenvalue weighted by Gasteiger charge is 2.32. The third-order valence-electron chi connectivity index (χ3n) is 3.88. The van der Waals surface area contributed by atoms with E-state index in [1.54, 1.807) is 0 Å². The minimum absolute atomic E-state index is 0.129. The van der Waals surface area contributed by atoms with Gasteiger partial charge >= 0.3 is 0 Å². The third kappa shape index (κ3) is 3.03. The Morgan fingerprint density at radius 1 is 1.26 bits per heavy atom. The fraction of sp³-hybridized carbons (Fsp3) is 0.643. The minimum Gasteiger partial charge on any atom is -0.342 e. The molecule has 0 aromatic rings. The first-order valence-electron chi connectivity index (χ1n) is 6.80. The predicted octanol–water partition coefficient (Wildman–Crippen LogP) is 0.806. The highest BCUT2D eigenvalue weighted by atomic mass is 16.2. The lowest BCUT2D eigenvalue weighted by Crippen LogP contribution is -2.51. The van der Waals surface area contributed by atoms with Crippen LogP contribution in [0.1, 0.15) is 26.7 Å². The van der Waals surface area contributed by atoms with Crippen LogP contribution in [0.2, 0.25) is 0 Å². The SMILES string of the molecule is CC(C)C1CN(C(=O)CCCN2C(=O)C=CC2=O)C1. The highest BCUT2D eigenvalue weighted by Crippen LogP contribution is 2.24. The molecule has 0 saturated carbocycles. The summed E-state index contributed by atoms with van der Waals surface area (Å²) < 4.78 is 0. The van der Waals surface area contributed by atoms with Gasteiger partial charge in [0.15, 0.2) is 0 Å². The van der Waals surface area contributed by atoms with Crippen LogP contribution in [0.15, 0.2) is 12.2 Å². The Bertz CT molecular complexity index is 404. The summed E-state index contributed by atoms with van der Waals surface area (Å²) in [5.41, 5.74) is 0. The van der Waals surface area contributed by atoms with Crippen LogP contribution in [-0.4, -0.2) is 47.2 Å². The Morgan fingerprint density at radius 2 is 1.84 bits per heavy atom. The summed E-state index contributed by atoms with van der Waals surface area (Å²) >= 11 is 0. The van der Waals surface area contributed by atoms with E-state index >= 15 is 0 Å². The van der Waals surface area contributed by atoms with Gasteiger partial charge in [-0.15, -0.1) is 0 Å². The minimum atomic E-state index is -0.277. The van der Waals surface area contributed by atoms with Crippen molar-refractivity contribution in [3.05, 3.63) is 12.2 Å². The van der Waals surface area contributed by atoms with E-state index in [0.717, 1.165) is 13.1 Å². The number of rotatable bonds is 5. The number of carbonyl (C=O) groups is 3. The van der Waals surface area contributed by atoms with Gasteiger partial charge < -0.3 is 4.90 Å². The van der Waals surface area contributed by atoms with Crippen LogP contribution in [0.25, 0.3) is 0 Å². The maximum atomic E-state index is 11.9. The summed E-state index contributed by atoms with van der Waals surface area (Å²) in [4.78, 5) is 37.5. The summed E-state index contributed by atoms with van der Waals surface area (Å²) in [6, 6.07) is 0. The molecule has 0 unspecified atom stereocenters. The zero-order chi connectivity index (χ0) is 14.0. The Balaban J connectivity index is 1.66. The maximum absolute atomic E-state index is 11.9. The van der Waals surface area contributed by atoms with Crippen LogP contribution in [0, 0.1) is 11.8 Å². The molecule has 0 bridgehead atoms. The fourth-order valence-electron chi connectivity index (χ4n) is 2.34. The smallest absolute Gasteiger partial charge is 0.253 e. The van der Waals surface area contributed by atoms with E-state index in [1.165, 1.54) is 17.1 Å². The molecule has 2 aliphatic heterocycles. The first kappa shape index (κ1) is 13.8. The maximum Gasteiger partial charge on any atom is 0.253 e. The normalized spacial score (nSPS) is 19.5. The van der Waals surface area contributed by atoms with E-state index in [2.05, 4.69) is 13.8 Å². The second kappa shape index (κ2) is 5.55. The Hall–Kier alpha value is -1.65. The number of amides is 3. The van der Waals surface area contributed by atoms with Crippen molar-refractivity contribution in [2.75, 3.05) is 19.6 Å². The highest BCUT2D eigenvalue weighted by molar-refractivity contribution is 6.12. The van der Waals surface area contributed by atoms with Crippen LogP contribution < -0.4 is 0 Å². The van der Waals surface area contributed by atoms with Gasteiger partial charge in [-0.1, -0.05) is 13.8 Å². The van der Waals surface area contributed by atoms with Crippen LogP contribution in [-0.2, 0) is 14.4 Å². The van der Waals surface area contributed by atoms with E-state index in [-0.39, 0.29) is 17.7 Å². The van der Waals surface area contributed by atoms with Crippen molar-refractivity contribution >= 4 is 17.7 Å². The van der Waals surface area contributed by atoms with Gasteiger partial charge in [0.1, 0.15) is 0 Å². The van der Waals surface area contributed by atoms with Crippen molar-refractivity contribution in [3.8, 4) is 0 Å². The van der Waals surface area contributed by atoms with E-state index < -0.39 is 0 Å². The summed E-state index contributed by atoms with van der Waals surface area (Å²) in [5.74, 6) is 0.816. The van der Waals surface area contributed by atoms with Gasteiger partial charge in [0.25, 0.3) is 11.8 Å². The molecule has 1 fully saturated rings. The van der Waals surface area contributed by atoms with Crippen molar-refractivity contribution in [1.82, 2.24) is 9.80 Å². The molecule has 0 aromatic carbocycles. The quantitative estimate of drug-likeness (QED) is 0.690. The topological polar surface area (TPSA) is 57.7 Å². The monoisotopic (exact) mass is 264 g/mol. The molecular formula is C14H20N2O3. The number of imide groups is 1. The van der Waals surface area contributed by atoms with Crippen molar-refractivity contribution in [2.45, 2.75) is 26.7 Å². The molecule has 2 rings (SSSR count). The lowest BCUT2D eigenvalue weighted by Gasteiger charge is -2.41. The Labute approximate surface area is 113 Å². The molecule has 0 spiro atoms. The zero-order valence-electron chi connectivity index (χ0n) is 11.5. The molecular weight excluding hydrogens is 244 g/mol. The largest absolute Gasteiger partial charge is 0.342 e. The summed E-state index contributed by atoms with van der Waals surface area (Å²) in [7, 11) is 0. The Morgan fingerprint density at radius 3 is 2.37 bits per heavy atom. The van der Waals surface area contributed by atoms with Gasteiger partial charge in [-0.2, -0.15) is 0 Å². The zero-order valence-corrected chi connectivity index (χ0v) is 11.5. The molecule has 0 N–H and O–H groups in total. The number of carbonyl (C=O) groups excluding carboxylic acids is 3. The van der Waals surface area contributed by atoms with E-state index in [9.17, 15) is 14.4 Å². The molecule has 5 heteroatoms. The van der Waals surface area contributed by atoms with Crippen molar-refractivity contribution in [3.63, 3.8) is 0 Å². The summed E-state index contributed by atoms with van der Waals surface area (Å²) in [6.45, 7) is 6.37.